The normalized spacial score (nSPS) is 14.9. The number of aliphatic carboxylic acids is 1. The topological polar surface area (TPSA) is 96.7 Å². The fraction of sp³-hybridized carbons (Fsp3) is 0.308. The van der Waals surface area contributed by atoms with Crippen molar-refractivity contribution in [2.24, 2.45) is 0 Å². The Kier molecular flexibility index (Phi) is 6.93. The van der Waals surface area contributed by atoms with Gasteiger partial charge in [0.05, 0.1) is 15.4 Å². The van der Waals surface area contributed by atoms with E-state index in [2.05, 4.69) is 0 Å². The largest absolute Gasteiger partial charge is 0.480 e. The van der Waals surface area contributed by atoms with Gasteiger partial charge in [-0.1, -0.05) is 36.4 Å². The number of halogens is 3. The van der Waals surface area contributed by atoms with Crippen molar-refractivity contribution in [2.45, 2.75) is 55.2 Å². The van der Waals surface area contributed by atoms with Gasteiger partial charge in [0.25, 0.3) is 5.91 Å². The van der Waals surface area contributed by atoms with Gasteiger partial charge in [0, 0.05) is 30.8 Å². The number of carboxylic acid groups (broad SMARTS) is 1. The van der Waals surface area contributed by atoms with Crippen LogP contribution >= 0.6 is 0 Å². The number of hydrogen-bond acceptors (Lipinski definition) is 4. The summed E-state index contributed by atoms with van der Waals surface area (Å²) < 4.78 is 68.7. The van der Waals surface area contributed by atoms with Crippen LogP contribution in [0.5, 0.6) is 0 Å². The number of sulfone groups is 1. The fourth-order valence-electron chi connectivity index (χ4n) is 4.78. The van der Waals surface area contributed by atoms with Gasteiger partial charge < -0.3 is 14.6 Å². The highest BCUT2D eigenvalue weighted by Crippen LogP contribution is 2.35. The number of carboxylic acids is 1. The molecule has 1 aliphatic rings. The molecule has 1 N–H and O–H groups in total. The van der Waals surface area contributed by atoms with E-state index in [4.69, 9.17) is 0 Å². The van der Waals surface area contributed by atoms with Crippen LogP contribution in [-0.4, -0.2) is 53.6 Å². The third-order valence-electron chi connectivity index (χ3n) is 6.74. The van der Waals surface area contributed by atoms with Crippen LogP contribution in [0.2, 0.25) is 0 Å². The molecule has 0 aliphatic carbocycles. The molecule has 37 heavy (non-hydrogen) atoms. The Balaban J connectivity index is 1.85. The van der Waals surface area contributed by atoms with Crippen molar-refractivity contribution in [2.75, 3.05) is 6.54 Å². The predicted octanol–water partition coefficient (Wildman–Crippen LogP) is 4.25. The summed E-state index contributed by atoms with van der Waals surface area (Å²) in [5.41, 5.74) is 1.41. The minimum absolute atomic E-state index is 0.00380. The number of fused-ring (bicyclic) bond motifs is 1. The molecule has 1 unspecified atom stereocenters. The van der Waals surface area contributed by atoms with Crippen LogP contribution in [0.15, 0.2) is 64.4 Å². The molecule has 3 aromatic rings. The van der Waals surface area contributed by atoms with Crippen molar-refractivity contribution in [3.05, 3.63) is 82.7 Å². The molecule has 0 fully saturated rings. The molecule has 1 amide bonds. The van der Waals surface area contributed by atoms with E-state index in [1.807, 2.05) is 0 Å². The molecule has 2 aromatic carbocycles. The minimum Gasteiger partial charge on any atom is -0.480 e. The molecule has 0 bridgehead atoms. The third-order valence-corrected chi connectivity index (χ3v) is 8.61. The van der Waals surface area contributed by atoms with Gasteiger partial charge in [0.2, 0.25) is 9.84 Å². The van der Waals surface area contributed by atoms with Gasteiger partial charge in [-0.25, -0.2) is 8.42 Å². The van der Waals surface area contributed by atoms with Gasteiger partial charge >= 0.3 is 12.1 Å². The van der Waals surface area contributed by atoms with Gasteiger partial charge in [-0.05, 0) is 43.2 Å². The lowest BCUT2D eigenvalue weighted by Gasteiger charge is -2.34. The zero-order valence-electron chi connectivity index (χ0n) is 20.1. The first kappa shape index (κ1) is 26.5. The first-order valence-corrected chi connectivity index (χ1v) is 13.0. The molecule has 0 saturated carbocycles. The number of aromatic nitrogens is 1. The number of rotatable bonds is 7. The van der Waals surface area contributed by atoms with E-state index in [-0.39, 0.29) is 34.7 Å². The second kappa shape index (κ2) is 9.70. The first-order valence-electron chi connectivity index (χ1n) is 11.5. The van der Waals surface area contributed by atoms with E-state index in [0.29, 0.717) is 22.5 Å². The summed E-state index contributed by atoms with van der Waals surface area (Å²) in [5.74, 6) is -2.02. The highest BCUT2D eigenvalue weighted by atomic mass is 32.2. The van der Waals surface area contributed by atoms with Gasteiger partial charge in [-0.2, -0.15) is 13.2 Å². The van der Waals surface area contributed by atoms with E-state index < -0.39 is 40.5 Å². The number of amides is 1. The molecule has 1 aromatic heterocycles. The standard InChI is InChI=1S/C26H25F3N2O5S/c1-16-20(14-18-8-6-7-11-22(18)37(35,36)19-9-4-3-5-10-19)24-21(31(16)15-23(32)33)12-13-30(25(24)34)17(2)26(27,28)29/h3-11,17H,12-15H2,1-2H3,(H,32,33). The Morgan fingerprint density at radius 1 is 1.08 bits per heavy atom. The molecule has 4 rings (SSSR count). The average Bonchev–Trinajstić information content (AvgIpc) is 3.10. The van der Waals surface area contributed by atoms with Crippen LogP contribution in [-0.2, 0) is 34.0 Å². The summed E-state index contributed by atoms with van der Waals surface area (Å²) in [6, 6.07) is 12.0. The third kappa shape index (κ3) is 4.87. The van der Waals surface area contributed by atoms with Crippen LogP contribution < -0.4 is 0 Å². The van der Waals surface area contributed by atoms with Gasteiger partial charge in [-0.3, -0.25) is 9.59 Å². The van der Waals surface area contributed by atoms with E-state index in [0.717, 1.165) is 11.8 Å². The van der Waals surface area contributed by atoms with E-state index in [1.54, 1.807) is 43.3 Å². The molecule has 7 nitrogen and oxygen atoms in total. The molecule has 196 valence electrons. The predicted molar refractivity (Wildman–Crippen MR) is 128 cm³/mol. The number of nitrogens with zero attached hydrogens (tertiary/aromatic N) is 2. The number of benzene rings is 2. The first-order chi connectivity index (χ1) is 17.3. The van der Waals surface area contributed by atoms with Crippen LogP contribution in [0.3, 0.4) is 0 Å². The number of hydrogen-bond donors (Lipinski definition) is 1. The van der Waals surface area contributed by atoms with Crippen molar-refractivity contribution in [1.29, 1.82) is 0 Å². The minimum atomic E-state index is -4.64. The van der Waals surface area contributed by atoms with Crippen molar-refractivity contribution in [1.82, 2.24) is 9.47 Å². The van der Waals surface area contributed by atoms with Crippen molar-refractivity contribution in [3.63, 3.8) is 0 Å². The summed E-state index contributed by atoms with van der Waals surface area (Å²) in [6.45, 7) is 1.81. The van der Waals surface area contributed by atoms with Crippen LogP contribution in [0, 0.1) is 6.92 Å². The number of alkyl halides is 3. The van der Waals surface area contributed by atoms with Crippen LogP contribution in [0.25, 0.3) is 0 Å². The average molecular weight is 535 g/mol. The number of carbonyl (C=O) groups is 2. The van der Waals surface area contributed by atoms with Crippen LogP contribution in [0.4, 0.5) is 13.2 Å². The van der Waals surface area contributed by atoms with E-state index in [9.17, 15) is 36.3 Å². The van der Waals surface area contributed by atoms with Crippen molar-refractivity contribution >= 4 is 21.7 Å². The van der Waals surface area contributed by atoms with E-state index in [1.165, 1.54) is 22.8 Å². The molecular formula is C26H25F3N2O5S. The van der Waals surface area contributed by atoms with Crippen LogP contribution in [0.1, 0.15) is 39.8 Å². The smallest absolute Gasteiger partial charge is 0.408 e. The zero-order valence-corrected chi connectivity index (χ0v) is 20.9. The second-order valence-electron chi connectivity index (χ2n) is 8.93. The maximum atomic E-state index is 13.5. The molecular weight excluding hydrogens is 509 g/mol. The van der Waals surface area contributed by atoms with Gasteiger partial charge in [-0.15, -0.1) is 0 Å². The lowest BCUT2D eigenvalue weighted by atomic mass is 9.96. The Bertz CT molecular complexity index is 1460. The molecule has 1 atom stereocenters. The fourth-order valence-corrected chi connectivity index (χ4v) is 6.29. The summed E-state index contributed by atoms with van der Waals surface area (Å²) in [5, 5.41) is 9.44. The molecule has 11 heteroatoms. The zero-order chi connectivity index (χ0) is 27.1. The summed E-state index contributed by atoms with van der Waals surface area (Å²) in [4.78, 5) is 25.8. The quantitative estimate of drug-likeness (QED) is 0.489. The van der Waals surface area contributed by atoms with Gasteiger partial charge in [0.1, 0.15) is 12.6 Å². The van der Waals surface area contributed by atoms with Crippen molar-refractivity contribution < 1.29 is 36.3 Å². The Hall–Kier alpha value is -3.60. The summed E-state index contributed by atoms with van der Waals surface area (Å²) in [6.07, 6.45) is -4.68. The maximum Gasteiger partial charge on any atom is 0.408 e. The van der Waals surface area contributed by atoms with E-state index >= 15 is 0 Å². The molecule has 1 aliphatic heterocycles. The Morgan fingerprint density at radius 3 is 2.32 bits per heavy atom. The monoisotopic (exact) mass is 534 g/mol. The highest BCUT2D eigenvalue weighted by molar-refractivity contribution is 7.91. The lowest BCUT2D eigenvalue weighted by molar-refractivity contribution is -0.172. The summed E-state index contributed by atoms with van der Waals surface area (Å²) in [7, 11) is -3.94. The summed E-state index contributed by atoms with van der Waals surface area (Å²) >= 11 is 0. The van der Waals surface area contributed by atoms with Gasteiger partial charge in [0.15, 0.2) is 0 Å². The molecule has 0 spiro atoms. The lowest BCUT2D eigenvalue weighted by Crippen LogP contribution is -2.50. The molecule has 0 radical (unpaired) electrons. The Morgan fingerprint density at radius 2 is 1.70 bits per heavy atom. The maximum absolute atomic E-state index is 13.5. The second-order valence-corrected chi connectivity index (χ2v) is 10.9. The SMILES string of the molecule is Cc1c(Cc2ccccc2S(=O)(=O)c2ccccc2)c2c(n1CC(=O)O)CCN(C(C)C(F)(F)F)C2=O. The molecule has 0 saturated heterocycles. The highest BCUT2D eigenvalue weighted by Gasteiger charge is 2.45. The van der Waals surface area contributed by atoms with Crippen molar-refractivity contribution in [3.8, 4) is 0 Å². The number of carbonyl (C=O) groups excluding carboxylic acids is 1. The molecule has 2 heterocycles. The Labute approximate surface area is 212 Å².